The van der Waals surface area contributed by atoms with Crippen LogP contribution in [0.1, 0.15) is 0 Å². The first-order valence-corrected chi connectivity index (χ1v) is 6.88. The Labute approximate surface area is 120 Å². The van der Waals surface area contributed by atoms with Gasteiger partial charge in [-0.25, -0.2) is 4.39 Å². The summed E-state index contributed by atoms with van der Waals surface area (Å²) in [7, 11) is 0. The van der Waals surface area contributed by atoms with Crippen LogP contribution in [0.15, 0.2) is 39.3 Å². The molecule has 96 valence electrons. The molecule has 0 spiro atoms. The van der Waals surface area contributed by atoms with Crippen LogP contribution in [0.2, 0.25) is 0 Å². The van der Waals surface area contributed by atoms with Gasteiger partial charge in [0.2, 0.25) is 5.82 Å². The van der Waals surface area contributed by atoms with Crippen molar-refractivity contribution in [2.75, 3.05) is 5.73 Å². The fraction of sp³-hybridized carbons (Fsp3) is 0. The van der Waals surface area contributed by atoms with E-state index in [4.69, 9.17) is 10.3 Å². The van der Waals surface area contributed by atoms with Crippen molar-refractivity contribution in [1.82, 2.24) is 10.1 Å². The normalized spacial score (nSPS) is 10.8. The van der Waals surface area contributed by atoms with Crippen molar-refractivity contribution in [3.63, 3.8) is 0 Å². The van der Waals surface area contributed by atoms with Gasteiger partial charge in [-0.05, 0) is 30.3 Å². The molecule has 0 aliphatic carbocycles. The number of thiophene rings is 1. The van der Waals surface area contributed by atoms with Crippen molar-refractivity contribution in [2.45, 2.75) is 0 Å². The zero-order chi connectivity index (χ0) is 13.4. The number of anilines is 1. The van der Waals surface area contributed by atoms with Crippen LogP contribution in [-0.2, 0) is 0 Å². The van der Waals surface area contributed by atoms with Crippen LogP contribution >= 0.6 is 27.3 Å². The van der Waals surface area contributed by atoms with E-state index >= 15 is 0 Å². The maximum absolute atomic E-state index is 13.3. The molecule has 2 heterocycles. The van der Waals surface area contributed by atoms with Gasteiger partial charge in [-0.15, -0.1) is 11.3 Å². The lowest BCUT2D eigenvalue weighted by atomic mass is 10.2. The van der Waals surface area contributed by atoms with Crippen LogP contribution < -0.4 is 5.73 Å². The third kappa shape index (κ3) is 2.52. The molecule has 0 radical (unpaired) electrons. The third-order valence-electron chi connectivity index (χ3n) is 2.38. The van der Waals surface area contributed by atoms with Gasteiger partial charge in [0.15, 0.2) is 0 Å². The van der Waals surface area contributed by atoms with Gasteiger partial charge in [-0.2, -0.15) is 4.98 Å². The number of benzene rings is 1. The summed E-state index contributed by atoms with van der Waals surface area (Å²) in [4.78, 5) is 5.02. The molecule has 0 amide bonds. The molecule has 0 fully saturated rings. The highest BCUT2D eigenvalue weighted by Gasteiger charge is 2.13. The second-order valence-electron chi connectivity index (χ2n) is 3.78. The standard InChI is InChI=1S/C12H7BrFN3OS/c13-7-3-6(4-8(14)5-7)11-16-12(18-17-11)9-1-2-10(15)19-9/h1-5H,15H2. The molecule has 0 atom stereocenters. The third-order valence-corrected chi connectivity index (χ3v) is 3.74. The van der Waals surface area contributed by atoms with E-state index in [1.807, 2.05) is 0 Å². The Balaban J connectivity index is 2.01. The first-order valence-electron chi connectivity index (χ1n) is 5.28. The van der Waals surface area contributed by atoms with E-state index in [0.29, 0.717) is 26.8 Å². The van der Waals surface area contributed by atoms with Crippen molar-refractivity contribution in [3.8, 4) is 22.2 Å². The Morgan fingerprint density at radius 2 is 2.11 bits per heavy atom. The molecule has 0 aliphatic heterocycles. The Kier molecular flexibility index (Phi) is 3.08. The van der Waals surface area contributed by atoms with Gasteiger partial charge >= 0.3 is 0 Å². The molecule has 0 aliphatic rings. The summed E-state index contributed by atoms with van der Waals surface area (Å²) in [6.07, 6.45) is 0. The van der Waals surface area contributed by atoms with Crippen molar-refractivity contribution in [2.24, 2.45) is 0 Å². The molecule has 0 bridgehead atoms. The number of nitrogens with zero attached hydrogens (tertiary/aromatic N) is 2. The van der Waals surface area contributed by atoms with Crippen molar-refractivity contribution < 1.29 is 8.91 Å². The minimum atomic E-state index is -0.365. The predicted octanol–water partition coefficient (Wildman–Crippen LogP) is 3.95. The van der Waals surface area contributed by atoms with Gasteiger partial charge in [0.05, 0.1) is 9.88 Å². The Bertz CT molecular complexity index is 720. The zero-order valence-corrected chi connectivity index (χ0v) is 11.8. The second kappa shape index (κ2) is 4.75. The minimum absolute atomic E-state index is 0.335. The maximum atomic E-state index is 13.3. The zero-order valence-electron chi connectivity index (χ0n) is 9.43. The smallest absolute Gasteiger partial charge is 0.268 e. The quantitative estimate of drug-likeness (QED) is 0.767. The number of hydrogen-bond acceptors (Lipinski definition) is 5. The lowest BCUT2D eigenvalue weighted by molar-refractivity contribution is 0.433. The van der Waals surface area contributed by atoms with Crippen molar-refractivity contribution >= 4 is 32.3 Å². The minimum Gasteiger partial charge on any atom is -0.391 e. The van der Waals surface area contributed by atoms with Crippen LogP contribution in [0.3, 0.4) is 0 Å². The second-order valence-corrected chi connectivity index (χ2v) is 5.81. The Hall–Kier alpha value is -1.73. The molecular weight excluding hydrogens is 333 g/mol. The summed E-state index contributed by atoms with van der Waals surface area (Å²) >= 11 is 4.58. The molecule has 1 aromatic carbocycles. The van der Waals surface area contributed by atoms with Crippen LogP contribution in [0.5, 0.6) is 0 Å². The molecule has 0 saturated heterocycles. The number of rotatable bonds is 2. The molecule has 4 nitrogen and oxygen atoms in total. The van der Waals surface area contributed by atoms with Gasteiger partial charge < -0.3 is 10.3 Å². The van der Waals surface area contributed by atoms with Gasteiger partial charge in [0.25, 0.3) is 5.89 Å². The average Bonchev–Trinajstić information content (AvgIpc) is 2.95. The summed E-state index contributed by atoms with van der Waals surface area (Å²) in [5.74, 6) is 0.343. The van der Waals surface area contributed by atoms with Crippen LogP contribution in [-0.4, -0.2) is 10.1 Å². The monoisotopic (exact) mass is 339 g/mol. The first-order chi connectivity index (χ1) is 9.11. The molecule has 7 heteroatoms. The highest BCUT2D eigenvalue weighted by molar-refractivity contribution is 9.10. The summed E-state index contributed by atoms with van der Waals surface area (Å²) < 4.78 is 19.1. The van der Waals surface area contributed by atoms with E-state index in [-0.39, 0.29) is 5.82 Å². The highest BCUT2D eigenvalue weighted by atomic mass is 79.9. The van der Waals surface area contributed by atoms with Gasteiger partial charge in [0, 0.05) is 10.0 Å². The molecule has 3 aromatic rings. The lowest BCUT2D eigenvalue weighted by Gasteiger charge is -1.96. The summed E-state index contributed by atoms with van der Waals surface area (Å²) in [5, 5.41) is 4.52. The fourth-order valence-electron chi connectivity index (χ4n) is 1.59. The van der Waals surface area contributed by atoms with Crippen LogP contribution in [0.25, 0.3) is 22.2 Å². The number of halogens is 2. The lowest BCUT2D eigenvalue weighted by Crippen LogP contribution is -1.83. The molecule has 0 unspecified atom stereocenters. The van der Waals surface area contributed by atoms with Gasteiger partial charge in [0.1, 0.15) is 5.82 Å². The van der Waals surface area contributed by atoms with Crippen molar-refractivity contribution in [1.29, 1.82) is 0 Å². The average molecular weight is 340 g/mol. The molecule has 2 aromatic heterocycles. The van der Waals surface area contributed by atoms with Gasteiger partial charge in [-0.1, -0.05) is 21.1 Å². The molecule has 3 rings (SSSR count). The number of nitrogens with two attached hydrogens (primary N) is 1. The first kappa shape index (κ1) is 12.3. The topological polar surface area (TPSA) is 64.9 Å². The van der Waals surface area contributed by atoms with E-state index in [1.54, 1.807) is 18.2 Å². The van der Waals surface area contributed by atoms with Crippen LogP contribution in [0.4, 0.5) is 9.39 Å². The predicted molar refractivity (Wildman–Crippen MR) is 75.1 cm³/mol. The van der Waals surface area contributed by atoms with E-state index < -0.39 is 0 Å². The molecular formula is C12H7BrFN3OS. The number of hydrogen-bond donors (Lipinski definition) is 1. The summed E-state index contributed by atoms with van der Waals surface area (Å²) in [6.45, 7) is 0. The van der Waals surface area contributed by atoms with Crippen LogP contribution in [0, 0.1) is 5.82 Å². The van der Waals surface area contributed by atoms with E-state index in [0.717, 1.165) is 4.88 Å². The largest absolute Gasteiger partial charge is 0.391 e. The maximum Gasteiger partial charge on any atom is 0.268 e. The SMILES string of the molecule is Nc1ccc(-c2nc(-c3cc(F)cc(Br)c3)no2)s1. The molecule has 2 N–H and O–H groups in total. The Morgan fingerprint density at radius 3 is 2.79 bits per heavy atom. The Morgan fingerprint density at radius 1 is 1.26 bits per heavy atom. The van der Waals surface area contributed by atoms with Gasteiger partial charge in [-0.3, -0.25) is 0 Å². The highest BCUT2D eigenvalue weighted by Crippen LogP contribution is 2.30. The molecule has 19 heavy (non-hydrogen) atoms. The molecule has 0 saturated carbocycles. The summed E-state index contributed by atoms with van der Waals surface area (Å²) in [6, 6.07) is 8.01. The fourth-order valence-corrected chi connectivity index (χ4v) is 2.75. The summed E-state index contributed by atoms with van der Waals surface area (Å²) in [5.41, 5.74) is 6.19. The number of aromatic nitrogens is 2. The number of nitrogen functional groups attached to an aromatic ring is 1. The van der Waals surface area contributed by atoms with Crippen molar-refractivity contribution in [3.05, 3.63) is 40.6 Å². The van der Waals surface area contributed by atoms with E-state index in [9.17, 15) is 4.39 Å². The van der Waals surface area contributed by atoms with E-state index in [1.165, 1.54) is 23.5 Å². The van der Waals surface area contributed by atoms with E-state index in [2.05, 4.69) is 26.1 Å².